The molecule has 3 aromatic rings. The lowest BCUT2D eigenvalue weighted by atomic mass is 10.0. The van der Waals surface area contributed by atoms with Gasteiger partial charge in [-0.25, -0.2) is 0 Å². The molecule has 37 heavy (non-hydrogen) atoms. The normalized spacial score (nSPS) is 12.6. The zero-order valence-electron chi connectivity index (χ0n) is 21.5. The maximum atomic E-state index is 13.8. The fourth-order valence-corrected chi connectivity index (χ4v) is 5.40. The van der Waals surface area contributed by atoms with Gasteiger partial charge in [-0.2, -0.15) is 0 Å². The van der Waals surface area contributed by atoms with Crippen LogP contribution >= 0.6 is 35.0 Å². The van der Waals surface area contributed by atoms with Gasteiger partial charge >= 0.3 is 0 Å². The number of halogens is 2. The Labute approximate surface area is 234 Å². The third kappa shape index (κ3) is 8.80. The molecule has 0 saturated carbocycles. The number of carbonyl (C=O) groups excluding carboxylic acids is 2. The van der Waals surface area contributed by atoms with Crippen molar-refractivity contribution in [2.45, 2.75) is 58.0 Å². The van der Waals surface area contributed by atoms with Gasteiger partial charge in [0.15, 0.2) is 0 Å². The van der Waals surface area contributed by atoms with Gasteiger partial charge < -0.3 is 10.2 Å². The first-order chi connectivity index (χ1) is 17.8. The highest BCUT2D eigenvalue weighted by Gasteiger charge is 2.31. The number of benzene rings is 3. The molecule has 0 aliphatic rings. The van der Waals surface area contributed by atoms with Crippen LogP contribution in [0.2, 0.25) is 10.0 Å². The van der Waals surface area contributed by atoms with Crippen molar-refractivity contribution in [3.8, 4) is 0 Å². The van der Waals surface area contributed by atoms with E-state index in [1.165, 1.54) is 11.8 Å². The van der Waals surface area contributed by atoms with Gasteiger partial charge in [0, 0.05) is 34.8 Å². The molecule has 2 atom stereocenters. The Morgan fingerprint density at radius 3 is 2.35 bits per heavy atom. The van der Waals surface area contributed by atoms with E-state index in [4.69, 9.17) is 23.2 Å². The predicted molar refractivity (Wildman–Crippen MR) is 156 cm³/mol. The lowest BCUT2D eigenvalue weighted by molar-refractivity contribution is -0.139. The minimum atomic E-state index is -0.636. The summed E-state index contributed by atoms with van der Waals surface area (Å²) >= 11 is 13.8. The van der Waals surface area contributed by atoms with Crippen molar-refractivity contribution in [3.63, 3.8) is 0 Å². The number of rotatable bonds is 12. The van der Waals surface area contributed by atoms with E-state index in [-0.39, 0.29) is 23.6 Å². The average molecular weight is 558 g/mol. The van der Waals surface area contributed by atoms with E-state index < -0.39 is 6.04 Å². The molecule has 0 aliphatic carbocycles. The van der Waals surface area contributed by atoms with Crippen molar-refractivity contribution >= 4 is 46.8 Å². The smallest absolute Gasteiger partial charge is 0.243 e. The fraction of sp³-hybridized carbons (Fsp3) is 0.333. The lowest BCUT2D eigenvalue weighted by Gasteiger charge is -2.32. The van der Waals surface area contributed by atoms with Crippen molar-refractivity contribution in [3.05, 3.63) is 105 Å². The predicted octanol–water partition coefficient (Wildman–Crippen LogP) is 7.09. The van der Waals surface area contributed by atoms with Gasteiger partial charge in [0.1, 0.15) is 6.04 Å². The Hall–Kier alpha value is -2.47. The van der Waals surface area contributed by atoms with Gasteiger partial charge in [0.05, 0.1) is 5.75 Å². The number of hydrogen-bond donors (Lipinski definition) is 1. The van der Waals surface area contributed by atoms with E-state index in [0.717, 1.165) is 28.7 Å². The number of carbonyl (C=O) groups is 2. The summed E-state index contributed by atoms with van der Waals surface area (Å²) in [7, 11) is 0. The van der Waals surface area contributed by atoms with Crippen LogP contribution in [-0.4, -0.2) is 34.6 Å². The molecule has 4 nitrogen and oxygen atoms in total. The third-order valence-corrected chi connectivity index (χ3v) is 7.93. The van der Waals surface area contributed by atoms with Crippen LogP contribution in [-0.2, 0) is 28.3 Å². The third-order valence-electron chi connectivity index (χ3n) is 6.37. The first kappa shape index (κ1) is 29.1. The van der Waals surface area contributed by atoms with Crippen LogP contribution in [0.15, 0.2) is 72.8 Å². The summed E-state index contributed by atoms with van der Waals surface area (Å²) in [5.41, 5.74) is 4.04. The van der Waals surface area contributed by atoms with E-state index in [1.807, 2.05) is 81.4 Å². The second kappa shape index (κ2) is 14.5. The molecule has 0 unspecified atom stereocenters. The van der Waals surface area contributed by atoms with Crippen molar-refractivity contribution in [1.29, 1.82) is 0 Å². The molecule has 0 spiro atoms. The van der Waals surface area contributed by atoms with Crippen LogP contribution in [0.1, 0.15) is 42.5 Å². The Kier molecular flexibility index (Phi) is 11.4. The molecule has 0 aliphatic heterocycles. The van der Waals surface area contributed by atoms with Crippen LogP contribution in [0.3, 0.4) is 0 Å². The summed E-state index contributed by atoms with van der Waals surface area (Å²) in [5.74, 6) is 0.583. The molecule has 0 fully saturated rings. The number of thioether (sulfide) groups is 1. The van der Waals surface area contributed by atoms with E-state index in [9.17, 15) is 9.59 Å². The molecule has 2 amide bonds. The van der Waals surface area contributed by atoms with Gasteiger partial charge in [-0.3, -0.25) is 9.59 Å². The Morgan fingerprint density at radius 2 is 1.68 bits per heavy atom. The van der Waals surface area contributed by atoms with Gasteiger partial charge in [-0.1, -0.05) is 90.8 Å². The van der Waals surface area contributed by atoms with Crippen LogP contribution in [0.25, 0.3) is 0 Å². The number of aryl methyl sites for hydroxylation is 1. The molecule has 0 radical (unpaired) electrons. The summed E-state index contributed by atoms with van der Waals surface area (Å²) in [5, 5.41) is 4.27. The largest absolute Gasteiger partial charge is 0.352 e. The molecule has 0 saturated heterocycles. The zero-order valence-corrected chi connectivity index (χ0v) is 23.9. The SMILES string of the molecule is CC[C@@H](C)NC(=O)[C@H](Cc1ccccc1)N(Cc1ccccc1C)C(=O)CSCc1ccc(Cl)cc1Cl. The van der Waals surface area contributed by atoms with Gasteiger partial charge in [-0.15, -0.1) is 11.8 Å². The molecule has 196 valence electrons. The summed E-state index contributed by atoms with van der Waals surface area (Å²) in [6, 6.07) is 22.6. The molecule has 7 heteroatoms. The second-order valence-electron chi connectivity index (χ2n) is 9.20. The van der Waals surface area contributed by atoms with Crippen LogP contribution in [0.5, 0.6) is 0 Å². The zero-order chi connectivity index (χ0) is 26.8. The van der Waals surface area contributed by atoms with Crippen molar-refractivity contribution < 1.29 is 9.59 Å². The van der Waals surface area contributed by atoms with Crippen LogP contribution in [0.4, 0.5) is 0 Å². The molecule has 0 bridgehead atoms. The van der Waals surface area contributed by atoms with E-state index in [1.54, 1.807) is 17.0 Å². The van der Waals surface area contributed by atoms with Gasteiger partial charge in [0.25, 0.3) is 0 Å². The second-order valence-corrected chi connectivity index (χ2v) is 11.0. The topological polar surface area (TPSA) is 49.4 Å². The Balaban J connectivity index is 1.87. The van der Waals surface area contributed by atoms with E-state index in [2.05, 4.69) is 5.32 Å². The maximum absolute atomic E-state index is 13.8. The number of nitrogens with one attached hydrogen (secondary N) is 1. The van der Waals surface area contributed by atoms with Crippen molar-refractivity contribution in [2.75, 3.05) is 5.75 Å². The van der Waals surface area contributed by atoms with Crippen molar-refractivity contribution in [2.24, 2.45) is 0 Å². The highest BCUT2D eigenvalue weighted by atomic mass is 35.5. The molecule has 1 N–H and O–H groups in total. The summed E-state index contributed by atoms with van der Waals surface area (Å²) < 4.78 is 0. The van der Waals surface area contributed by atoms with Crippen LogP contribution in [0, 0.1) is 6.92 Å². The molecular weight excluding hydrogens is 523 g/mol. The first-order valence-electron chi connectivity index (χ1n) is 12.5. The minimum absolute atomic E-state index is 0.0163. The molecular formula is C30H34Cl2N2O2S. The average Bonchev–Trinajstić information content (AvgIpc) is 2.88. The molecule has 3 aromatic carbocycles. The quantitative estimate of drug-likeness (QED) is 0.259. The van der Waals surface area contributed by atoms with Crippen LogP contribution < -0.4 is 5.32 Å². The number of hydrogen-bond acceptors (Lipinski definition) is 3. The number of amides is 2. The van der Waals surface area contributed by atoms with E-state index >= 15 is 0 Å². The Morgan fingerprint density at radius 1 is 0.973 bits per heavy atom. The highest BCUT2D eigenvalue weighted by molar-refractivity contribution is 7.99. The minimum Gasteiger partial charge on any atom is -0.352 e. The standard InChI is InChI=1S/C30H34Cl2N2O2S/c1-4-22(3)33-30(36)28(16-23-11-6-5-7-12-23)34(18-24-13-9-8-10-21(24)2)29(35)20-37-19-25-14-15-26(31)17-27(25)32/h5-15,17,22,28H,4,16,18-20H2,1-3H3,(H,33,36)/t22-,28+/m1/s1. The fourth-order valence-electron chi connectivity index (χ4n) is 3.94. The van der Waals surface area contributed by atoms with Gasteiger partial charge in [-0.05, 0) is 54.7 Å². The summed E-state index contributed by atoms with van der Waals surface area (Å²) in [6.07, 6.45) is 1.25. The highest BCUT2D eigenvalue weighted by Crippen LogP contribution is 2.25. The van der Waals surface area contributed by atoms with E-state index in [0.29, 0.717) is 28.8 Å². The number of nitrogens with zero attached hydrogens (tertiary/aromatic N) is 1. The molecule has 0 heterocycles. The monoisotopic (exact) mass is 556 g/mol. The Bertz CT molecular complexity index is 1190. The van der Waals surface area contributed by atoms with Gasteiger partial charge in [0.2, 0.25) is 11.8 Å². The summed E-state index contributed by atoms with van der Waals surface area (Å²) in [6.45, 7) is 6.41. The molecule has 0 aromatic heterocycles. The van der Waals surface area contributed by atoms with Crippen molar-refractivity contribution in [1.82, 2.24) is 10.2 Å². The summed E-state index contributed by atoms with van der Waals surface area (Å²) in [4.78, 5) is 29.1. The lowest BCUT2D eigenvalue weighted by Crippen LogP contribution is -2.52. The first-order valence-corrected chi connectivity index (χ1v) is 14.4. The maximum Gasteiger partial charge on any atom is 0.243 e. The molecule has 3 rings (SSSR count).